The Balaban J connectivity index is 1.54. The molecule has 2 atom stereocenters. The highest BCUT2D eigenvalue weighted by molar-refractivity contribution is 5.73. The Kier molecular flexibility index (Phi) is 4.57. The summed E-state index contributed by atoms with van der Waals surface area (Å²) in [7, 11) is 0. The summed E-state index contributed by atoms with van der Waals surface area (Å²) in [5, 5.41) is 7.46. The van der Waals surface area contributed by atoms with Gasteiger partial charge in [0.25, 0.3) is 0 Å². The Hall–Kier alpha value is -2.14. The Labute approximate surface area is 149 Å². The van der Waals surface area contributed by atoms with E-state index in [0.717, 1.165) is 38.2 Å². The van der Waals surface area contributed by atoms with Gasteiger partial charge < -0.3 is 4.90 Å². The number of nitrogens with zero attached hydrogens (tertiary/aromatic N) is 3. The van der Waals surface area contributed by atoms with Crippen LogP contribution >= 0.6 is 0 Å². The van der Waals surface area contributed by atoms with Crippen molar-refractivity contribution in [3.63, 3.8) is 0 Å². The first kappa shape index (κ1) is 16.3. The Morgan fingerprint density at radius 1 is 1.16 bits per heavy atom. The maximum atomic E-state index is 12.0. The minimum absolute atomic E-state index is 0.229. The van der Waals surface area contributed by atoms with Gasteiger partial charge in [-0.2, -0.15) is 5.10 Å². The topological polar surface area (TPSA) is 52.2 Å². The van der Waals surface area contributed by atoms with E-state index in [1.807, 2.05) is 12.3 Å². The average Bonchev–Trinajstić information content (AvgIpc) is 3.18. The number of hydrogen-bond acceptors (Lipinski definition) is 3. The van der Waals surface area contributed by atoms with E-state index >= 15 is 0 Å². The summed E-state index contributed by atoms with van der Waals surface area (Å²) in [6.07, 6.45) is 6.56. The molecule has 0 radical (unpaired) electrons. The van der Waals surface area contributed by atoms with Crippen LogP contribution < -0.4 is 0 Å². The molecule has 0 saturated carbocycles. The third kappa shape index (κ3) is 3.21. The van der Waals surface area contributed by atoms with Crippen LogP contribution in [0.1, 0.15) is 38.2 Å². The molecular weight excluding hydrogens is 312 g/mol. The van der Waals surface area contributed by atoms with E-state index in [1.165, 1.54) is 24.0 Å². The zero-order chi connectivity index (χ0) is 17.2. The first-order valence-corrected chi connectivity index (χ1v) is 9.33. The molecule has 2 saturated heterocycles. The van der Waals surface area contributed by atoms with Crippen molar-refractivity contribution in [2.24, 2.45) is 0 Å². The lowest BCUT2D eigenvalue weighted by Crippen LogP contribution is -2.45. The van der Waals surface area contributed by atoms with Gasteiger partial charge in [-0.05, 0) is 24.8 Å². The first-order chi connectivity index (χ1) is 12.2. The van der Waals surface area contributed by atoms with Crippen LogP contribution in [-0.2, 0) is 11.3 Å². The van der Waals surface area contributed by atoms with Gasteiger partial charge in [0.1, 0.15) is 0 Å². The molecule has 1 aromatic heterocycles. The number of likely N-dealkylation sites (tertiary alicyclic amines) is 2. The minimum atomic E-state index is 0.229. The lowest BCUT2D eigenvalue weighted by atomic mass is 10.0. The predicted octanol–water partition coefficient (Wildman–Crippen LogP) is 3.05. The normalized spacial score (nSPS) is 24.1. The molecule has 3 heterocycles. The summed E-state index contributed by atoms with van der Waals surface area (Å²) >= 11 is 0. The fourth-order valence-corrected chi connectivity index (χ4v) is 4.53. The van der Waals surface area contributed by atoms with Crippen LogP contribution in [0.4, 0.5) is 0 Å². The molecule has 5 heteroatoms. The number of hydrogen-bond donors (Lipinski definition) is 1. The molecule has 0 aliphatic carbocycles. The molecule has 1 N–H and O–H groups in total. The van der Waals surface area contributed by atoms with E-state index in [2.05, 4.69) is 44.3 Å². The van der Waals surface area contributed by atoms with Crippen molar-refractivity contribution < 1.29 is 4.79 Å². The zero-order valence-corrected chi connectivity index (χ0v) is 14.8. The van der Waals surface area contributed by atoms with Crippen LogP contribution in [0.15, 0.2) is 36.5 Å². The summed E-state index contributed by atoms with van der Waals surface area (Å²) < 4.78 is 0. The number of carbonyl (C=O) groups excluding carboxylic acids is 1. The van der Waals surface area contributed by atoms with E-state index in [0.29, 0.717) is 12.1 Å². The van der Waals surface area contributed by atoms with Crippen LogP contribution in [0.25, 0.3) is 11.3 Å². The van der Waals surface area contributed by atoms with Crippen LogP contribution in [0.3, 0.4) is 0 Å². The Morgan fingerprint density at radius 3 is 2.80 bits per heavy atom. The summed E-state index contributed by atoms with van der Waals surface area (Å²) in [5.41, 5.74) is 3.53. The van der Waals surface area contributed by atoms with Gasteiger partial charge in [-0.3, -0.25) is 14.8 Å². The van der Waals surface area contributed by atoms with Crippen molar-refractivity contribution >= 4 is 5.91 Å². The molecule has 5 nitrogen and oxygen atoms in total. The zero-order valence-electron chi connectivity index (χ0n) is 14.8. The second-order valence-electron chi connectivity index (χ2n) is 7.24. The van der Waals surface area contributed by atoms with E-state index in [1.54, 1.807) is 6.92 Å². The van der Waals surface area contributed by atoms with Gasteiger partial charge >= 0.3 is 0 Å². The number of carbonyl (C=O) groups is 1. The van der Waals surface area contributed by atoms with Crippen molar-refractivity contribution in [1.82, 2.24) is 20.0 Å². The fraction of sp³-hybridized carbons (Fsp3) is 0.500. The maximum Gasteiger partial charge on any atom is 0.219 e. The summed E-state index contributed by atoms with van der Waals surface area (Å²) in [4.78, 5) is 16.7. The monoisotopic (exact) mass is 338 g/mol. The highest BCUT2D eigenvalue weighted by atomic mass is 16.2. The smallest absolute Gasteiger partial charge is 0.219 e. The predicted molar refractivity (Wildman–Crippen MR) is 97.9 cm³/mol. The van der Waals surface area contributed by atoms with Crippen molar-refractivity contribution in [1.29, 1.82) is 0 Å². The highest BCUT2D eigenvalue weighted by Crippen LogP contribution is 2.32. The molecule has 0 unspecified atom stereocenters. The van der Waals surface area contributed by atoms with E-state index in [4.69, 9.17) is 0 Å². The number of benzene rings is 1. The van der Waals surface area contributed by atoms with Crippen LogP contribution in [0.2, 0.25) is 0 Å². The Morgan fingerprint density at radius 2 is 2.00 bits per heavy atom. The van der Waals surface area contributed by atoms with Crippen molar-refractivity contribution in [2.75, 3.05) is 13.1 Å². The number of aromatic amines is 1. The molecule has 25 heavy (non-hydrogen) atoms. The highest BCUT2D eigenvalue weighted by Gasteiger charge is 2.39. The second kappa shape index (κ2) is 7.00. The largest absolute Gasteiger partial charge is 0.338 e. The third-order valence-corrected chi connectivity index (χ3v) is 5.73. The number of H-pyrrole nitrogens is 1. The summed E-state index contributed by atoms with van der Waals surface area (Å²) in [6, 6.07) is 11.2. The van der Waals surface area contributed by atoms with Gasteiger partial charge in [0, 0.05) is 44.2 Å². The second-order valence-corrected chi connectivity index (χ2v) is 7.24. The number of amides is 1. The minimum Gasteiger partial charge on any atom is -0.338 e. The maximum absolute atomic E-state index is 12.0. The van der Waals surface area contributed by atoms with Crippen molar-refractivity contribution in [3.8, 4) is 11.3 Å². The Bertz CT molecular complexity index is 726. The molecule has 132 valence electrons. The van der Waals surface area contributed by atoms with Crippen LogP contribution in [0, 0.1) is 0 Å². The summed E-state index contributed by atoms with van der Waals surface area (Å²) in [6.45, 7) is 4.59. The number of fused-ring (bicyclic) bond motifs is 1. The molecule has 2 aliphatic heterocycles. The molecule has 0 spiro atoms. The molecule has 1 aromatic carbocycles. The van der Waals surface area contributed by atoms with Crippen LogP contribution in [0.5, 0.6) is 0 Å². The van der Waals surface area contributed by atoms with Crippen LogP contribution in [-0.4, -0.2) is 51.1 Å². The molecule has 2 aromatic rings. The van der Waals surface area contributed by atoms with Gasteiger partial charge in [-0.25, -0.2) is 0 Å². The summed E-state index contributed by atoms with van der Waals surface area (Å²) in [5.74, 6) is 0.229. The van der Waals surface area contributed by atoms with Gasteiger partial charge in [0.05, 0.1) is 11.9 Å². The lowest BCUT2D eigenvalue weighted by molar-refractivity contribution is -0.131. The number of nitrogens with one attached hydrogen (secondary N) is 1. The van der Waals surface area contributed by atoms with Gasteiger partial charge in [-0.1, -0.05) is 36.8 Å². The van der Waals surface area contributed by atoms with Gasteiger partial charge in [0.2, 0.25) is 5.91 Å². The standard InChI is InChI=1S/C20H26N4O/c1-15(25)24-11-6-5-9-18-19(24)10-12-23(18)14-17-13-21-22-20(17)16-7-3-2-4-8-16/h2-4,7-8,13,18-19H,5-6,9-12,14H2,1H3,(H,21,22)/t18-,19-/m1/s1. The van der Waals surface area contributed by atoms with Gasteiger partial charge in [0.15, 0.2) is 0 Å². The number of rotatable bonds is 3. The molecule has 2 fully saturated rings. The molecular formula is C20H26N4O. The molecule has 2 aliphatic rings. The number of aromatic nitrogens is 2. The quantitative estimate of drug-likeness (QED) is 0.936. The van der Waals surface area contributed by atoms with E-state index in [-0.39, 0.29) is 5.91 Å². The molecule has 1 amide bonds. The van der Waals surface area contributed by atoms with E-state index in [9.17, 15) is 4.79 Å². The first-order valence-electron chi connectivity index (χ1n) is 9.33. The van der Waals surface area contributed by atoms with Crippen molar-refractivity contribution in [3.05, 3.63) is 42.1 Å². The fourth-order valence-electron chi connectivity index (χ4n) is 4.53. The molecule has 0 bridgehead atoms. The lowest BCUT2D eigenvalue weighted by Gasteiger charge is -2.32. The molecule has 4 rings (SSSR count). The SMILES string of the molecule is CC(=O)N1CCCC[C@@H]2[C@H]1CCN2Cc1cn[nH]c1-c1ccccc1. The third-order valence-electron chi connectivity index (χ3n) is 5.73. The van der Waals surface area contributed by atoms with E-state index < -0.39 is 0 Å². The average molecular weight is 338 g/mol. The van der Waals surface area contributed by atoms with Crippen molar-refractivity contribution in [2.45, 2.75) is 51.2 Å². The van der Waals surface area contributed by atoms with Gasteiger partial charge in [-0.15, -0.1) is 0 Å².